The Bertz CT molecular complexity index is 635. The van der Waals surface area contributed by atoms with Crippen molar-refractivity contribution in [3.63, 3.8) is 0 Å². The first-order valence-electron chi connectivity index (χ1n) is 6.28. The van der Waals surface area contributed by atoms with E-state index in [0.29, 0.717) is 11.3 Å². The highest BCUT2D eigenvalue weighted by molar-refractivity contribution is 5.90. The number of ether oxygens (including phenoxy) is 1. The molecule has 0 aliphatic rings. The van der Waals surface area contributed by atoms with Gasteiger partial charge in [0.15, 0.2) is 0 Å². The number of carboxylic acids is 1. The van der Waals surface area contributed by atoms with Crippen molar-refractivity contribution in [2.75, 3.05) is 0 Å². The normalized spacial score (nSPS) is 10.6. The van der Waals surface area contributed by atoms with Crippen molar-refractivity contribution in [3.8, 4) is 16.9 Å². The van der Waals surface area contributed by atoms with Crippen LogP contribution < -0.4 is 4.74 Å². The van der Waals surface area contributed by atoms with Crippen LogP contribution in [-0.2, 0) is 0 Å². The Hall–Kier alpha value is -2.36. The maximum atomic E-state index is 14.2. The maximum Gasteiger partial charge on any atom is 0.338 e. The molecular weight excluding hydrogens is 259 g/mol. The zero-order valence-corrected chi connectivity index (χ0v) is 11.3. The molecule has 0 atom stereocenters. The van der Waals surface area contributed by atoms with Gasteiger partial charge in [0.2, 0.25) is 0 Å². The predicted molar refractivity (Wildman–Crippen MR) is 74.6 cm³/mol. The summed E-state index contributed by atoms with van der Waals surface area (Å²) in [7, 11) is 0. The summed E-state index contributed by atoms with van der Waals surface area (Å²) >= 11 is 0. The Labute approximate surface area is 116 Å². The van der Waals surface area contributed by atoms with Crippen molar-refractivity contribution in [3.05, 3.63) is 53.8 Å². The third-order valence-corrected chi connectivity index (χ3v) is 2.75. The number of hydrogen-bond acceptors (Lipinski definition) is 2. The van der Waals surface area contributed by atoms with Gasteiger partial charge in [-0.3, -0.25) is 0 Å². The molecule has 0 saturated carbocycles. The number of hydrogen-bond donors (Lipinski definition) is 1. The number of aromatic carboxylic acids is 1. The molecule has 0 bridgehead atoms. The Morgan fingerprint density at radius 2 is 1.90 bits per heavy atom. The first kappa shape index (κ1) is 14.1. The van der Waals surface area contributed by atoms with Crippen molar-refractivity contribution < 1.29 is 19.0 Å². The second-order valence-corrected chi connectivity index (χ2v) is 4.67. The molecule has 1 N–H and O–H groups in total. The van der Waals surface area contributed by atoms with Crippen LogP contribution in [-0.4, -0.2) is 17.2 Å². The van der Waals surface area contributed by atoms with E-state index in [-0.39, 0.29) is 17.2 Å². The SMILES string of the molecule is CC(C)Oc1cccc(-c2cccc(C(=O)O)c2F)c1. The van der Waals surface area contributed by atoms with Gasteiger partial charge >= 0.3 is 5.97 Å². The van der Waals surface area contributed by atoms with E-state index in [4.69, 9.17) is 9.84 Å². The molecule has 0 aliphatic heterocycles. The van der Waals surface area contributed by atoms with Crippen LogP contribution in [0.2, 0.25) is 0 Å². The van der Waals surface area contributed by atoms with Crippen LogP contribution in [0.15, 0.2) is 42.5 Å². The van der Waals surface area contributed by atoms with Crippen LogP contribution in [0.4, 0.5) is 4.39 Å². The van der Waals surface area contributed by atoms with E-state index in [1.165, 1.54) is 12.1 Å². The zero-order valence-electron chi connectivity index (χ0n) is 11.3. The molecule has 0 heterocycles. The zero-order chi connectivity index (χ0) is 14.7. The average molecular weight is 274 g/mol. The van der Waals surface area contributed by atoms with Crippen molar-refractivity contribution >= 4 is 5.97 Å². The lowest BCUT2D eigenvalue weighted by Gasteiger charge is -2.11. The van der Waals surface area contributed by atoms with E-state index >= 15 is 0 Å². The summed E-state index contributed by atoms with van der Waals surface area (Å²) in [6.45, 7) is 3.80. The third-order valence-electron chi connectivity index (χ3n) is 2.75. The smallest absolute Gasteiger partial charge is 0.338 e. The summed E-state index contributed by atoms with van der Waals surface area (Å²) in [5.74, 6) is -1.39. The second kappa shape index (κ2) is 5.74. The van der Waals surface area contributed by atoms with Crippen LogP contribution in [0.3, 0.4) is 0 Å². The van der Waals surface area contributed by atoms with Crippen molar-refractivity contribution in [1.82, 2.24) is 0 Å². The molecule has 20 heavy (non-hydrogen) atoms. The van der Waals surface area contributed by atoms with E-state index in [2.05, 4.69) is 0 Å². The minimum absolute atomic E-state index is 0.0143. The minimum Gasteiger partial charge on any atom is -0.491 e. The average Bonchev–Trinajstić information content (AvgIpc) is 2.38. The molecule has 2 aromatic carbocycles. The highest BCUT2D eigenvalue weighted by Crippen LogP contribution is 2.28. The van der Waals surface area contributed by atoms with Crippen LogP contribution in [0, 0.1) is 5.82 Å². The van der Waals surface area contributed by atoms with Gasteiger partial charge in [-0.15, -0.1) is 0 Å². The fraction of sp³-hybridized carbons (Fsp3) is 0.188. The highest BCUT2D eigenvalue weighted by atomic mass is 19.1. The number of carbonyl (C=O) groups is 1. The van der Waals surface area contributed by atoms with Gasteiger partial charge in [-0.25, -0.2) is 9.18 Å². The Morgan fingerprint density at radius 3 is 2.55 bits per heavy atom. The maximum absolute atomic E-state index is 14.2. The number of benzene rings is 2. The van der Waals surface area contributed by atoms with Crippen molar-refractivity contribution in [2.45, 2.75) is 20.0 Å². The molecule has 0 radical (unpaired) electrons. The number of rotatable bonds is 4. The summed E-state index contributed by atoms with van der Waals surface area (Å²) in [6.07, 6.45) is 0.0143. The van der Waals surface area contributed by atoms with E-state index in [0.717, 1.165) is 0 Å². The highest BCUT2D eigenvalue weighted by Gasteiger charge is 2.15. The molecule has 0 amide bonds. The summed E-state index contributed by atoms with van der Waals surface area (Å²) in [5, 5.41) is 8.95. The van der Waals surface area contributed by atoms with Gasteiger partial charge in [0, 0.05) is 5.56 Å². The summed E-state index contributed by atoms with van der Waals surface area (Å²) < 4.78 is 19.7. The molecule has 2 rings (SSSR count). The lowest BCUT2D eigenvalue weighted by atomic mass is 10.0. The molecule has 0 unspecified atom stereocenters. The van der Waals surface area contributed by atoms with Gasteiger partial charge in [-0.2, -0.15) is 0 Å². The van der Waals surface area contributed by atoms with Gasteiger partial charge in [0.1, 0.15) is 11.6 Å². The number of carboxylic acid groups (broad SMARTS) is 1. The summed E-state index contributed by atoms with van der Waals surface area (Å²) in [6, 6.07) is 11.3. The Kier molecular flexibility index (Phi) is 4.03. The van der Waals surface area contributed by atoms with Gasteiger partial charge in [-0.05, 0) is 37.6 Å². The molecule has 0 saturated heterocycles. The fourth-order valence-corrected chi connectivity index (χ4v) is 1.93. The van der Waals surface area contributed by atoms with E-state index in [1.54, 1.807) is 30.3 Å². The molecule has 0 aliphatic carbocycles. The van der Waals surface area contributed by atoms with E-state index in [1.807, 2.05) is 13.8 Å². The predicted octanol–water partition coefficient (Wildman–Crippen LogP) is 3.98. The summed E-state index contributed by atoms with van der Waals surface area (Å²) in [4.78, 5) is 11.0. The van der Waals surface area contributed by atoms with E-state index < -0.39 is 11.8 Å². The molecule has 104 valence electrons. The molecular formula is C16H15FO3. The van der Waals surface area contributed by atoms with Gasteiger partial charge in [0.05, 0.1) is 11.7 Å². The second-order valence-electron chi connectivity index (χ2n) is 4.67. The molecule has 2 aromatic rings. The van der Waals surface area contributed by atoms with Gasteiger partial charge < -0.3 is 9.84 Å². The van der Waals surface area contributed by atoms with Crippen molar-refractivity contribution in [1.29, 1.82) is 0 Å². The van der Waals surface area contributed by atoms with Crippen LogP contribution in [0.1, 0.15) is 24.2 Å². The molecule has 4 heteroatoms. The fourth-order valence-electron chi connectivity index (χ4n) is 1.93. The van der Waals surface area contributed by atoms with Crippen molar-refractivity contribution in [2.24, 2.45) is 0 Å². The first-order valence-corrected chi connectivity index (χ1v) is 6.28. The number of halogens is 1. The standard InChI is InChI=1S/C16H15FO3/c1-10(2)20-12-6-3-5-11(9-12)13-7-4-8-14(15(13)17)16(18)19/h3-10H,1-2H3,(H,18,19). The van der Waals surface area contributed by atoms with E-state index in [9.17, 15) is 9.18 Å². The van der Waals surface area contributed by atoms with Crippen LogP contribution >= 0.6 is 0 Å². The minimum atomic E-state index is -1.28. The monoisotopic (exact) mass is 274 g/mol. The summed E-state index contributed by atoms with van der Waals surface area (Å²) in [5.41, 5.74) is 0.500. The van der Waals surface area contributed by atoms with Crippen LogP contribution in [0.5, 0.6) is 5.75 Å². The lowest BCUT2D eigenvalue weighted by molar-refractivity contribution is 0.0692. The topological polar surface area (TPSA) is 46.5 Å². The quantitative estimate of drug-likeness (QED) is 0.917. The largest absolute Gasteiger partial charge is 0.491 e. The molecule has 0 spiro atoms. The van der Waals surface area contributed by atoms with Gasteiger partial charge in [0.25, 0.3) is 0 Å². The van der Waals surface area contributed by atoms with Crippen LogP contribution in [0.25, 0.3) is 11.1 Å². The van der Waals surface area contributed by atoms with Gasteiger partial charge in [-0.1, -0.05) is 24.3 Å². The molecule has 0 aromatic heterocycles. The molecule has 0 fully saturated rings. The first-order chi connectivity index (χ1) is 9.49. The molecule has 3 nitrogen and oxygen atoms in total. The lowest BCUT2D eigenvalue weighted by Crippen LogP contribution is -2.05. The Morgan fingerprint density at radius 1 is 1.20 bits per heavy atom. The Balaban J connectivity index is 2.46. The third kappa shape index (κ3) is 2.96.